The highest BCUT2D eigenvalue weighted by atomic mass is 19.4. The molecule has 0 atom stereocenters. The smallest absolute Gasteiger partial charge is 0.469 e. The fraction of sp³-hybridized carbons (Fsp3) is 0.467. The van der Waals surface area contributed by atoms with Crippen LogP contribution in [0.1, 0.15) is 25.7 Å². The topological polar surface area (TPSA) is 76.7 Å². The summed E-state index contributed by atoms with van der Waals surface area (Å²) in [6.07, 6.45) is -2.27. The first-order chi connectivity index (χ1) is 11.3. The molecule has 2 N–H and O–H groups in total. The number of methoxy groups -OCH3 is 1. The van der Waals surface area contributed by atoms with E-state index in [9.17, 15) is 22.8 Å². The van der Waals surface area contributed by atoms with Crippen molar-refractivity contribution in [1.82, 2.24) is 5.32 Å². The summed E-state index contributed by atoms with van der Waals surface area (Å²) in [6.45, 7) is 0.419. The summed E-state index contributed by atoms with van der Waals surface area (Å²) < 4.78 is 44.3. The zero-order chi connectivity index (χ0) is 18.0. The van der Waals surface area contributed by atoms with Gasteiger partial charge in [-0.05, 0) is 37.1 Å². The quantitative estimate of drug-likeness (QED) is 0.557. The average molecular weight is 348 g/mol. The molecular formula is C15H19F3N2O4. The Kier molecular flexibility index (Phi) is 7.87. The molecule has 0 radical (unpaired) electrons. The molecule has 0 saturated heterocycles. The number of esters is 1. The van der Waals surface area contributed by atoms with Crippen molar-refractivity contribution in [3.05, 3.63) is 24.3 Å². The molecule has 0 heterocycles. The third kappa shape index (κ3) is 8.86. The summed E-state index contributed by atoms with van der Waals surface area (Å²) in [5, 5.41) is 5.10. The van der Waals surface area contributed by atoms with E-state index in [0.717, 1.165) is 18.6 Å². The lowest BCUT2D eigenvalue weighted by Crippen LogP contribution is -2.29. The Hall–Kier alpha value is -2.45. The minimum absolute atomic E-state index is 0.265. The summed E-state index contributed by atoms with van der Waals surface area (Å²) in [6, 6.07) is 4.35. The van der Waals surface area contributed by atoms with Gasteiger partial charge < -0.3 is 20.1 Å². The maximum Gasteiger partial charge on any atom is 0.573 e. The van der Waals surface area contributed by atoms with Crippen LogP contribution >= 0.6 is 0 Å². The lowest BCUT2D eigenvalue weighted by Gasteiger charge is -2.10. The summed E-state index contributed by atoms with van der Waals surface area (Å²) >= 11 is 0. The van der Waals surface area contributed by atoms with E-state index in [1.807, 2.05) is 0 Å². The number of hydrogen-bond donors (Lipinski definition) is 2. The number of unbranched alkanes of at least 4 members (excludes halogenated alkanes) is 2. The molecule has 0 aliphatic heterocycles. The van der Waals surface area contributed by atoms with Gasteiger partial charge in [-0.1, -0.05) is 6.42 Å². The highest BCUT2D eigenvalue weighted by Crippen LogP contribution is 2.23. The van der Waals surface area contributed by atoms with Gasteiger partial charge in [0.05, 0.1) is 7.11 Å². The predicted molar refractivity (Wildman–Crippen MR) is 80.6 cm³/mol. The summed E-state index contributed by atoms with van der Waals surface area (Å²) in [7, 11) is 1.33. The zero-order valence-electron chi connectivity index (χ0n) is 13.1. The number of nitrogens with one attached hydrogen (secondary N) is 2. The van der Waals surface area contributed by atoms with Crippen molar-refractivity contribution in [2.45, 2.75) is 32.0 Å². The van der Waals surface area contributed by atoms with Crippen molar-refractivity contribution < 1.29 is 32.2 Å². The lowest BCUT2D eigenvalue weighted by atomic mass is 10.2. The molecule has 1 rings (SSSR count). The van der Waals surface area contributed by atoms with Gasteiger partial charge >= 0.3 is 18.4 Å². The van der Waals surface area contributed by atoms with Gasteiger partial charge in [-0.2, -0.15) is 0 Å². The van der Waals surface area contributed by atoms with Crippen LogP contribution in [0.4, 0.5) is 23.7 Å². The summed E-state index contributed by atoms with van der Waals surface area (Å²) in [4.78, 5) is 22.5. The number of amides is 2. The second-order valence-corrected chi connectivity index (χ2v) is 4.84. The molecule has 0 spiro atoms. The first kappa shape index (κ1) is 19.6. The van der Waals surface area contributed by atoms with Crippen LogP contribution in [-0.4, -0.2) is 32.0 Å². The van der Waals surface area contributed by atoms with Gasteiger partial charge in [0, 0.05) is 18.7 Å². The molecule has 0 aliphatic carbocycles. The highest BCUT2D eigenvalue weighted by molar-refractivity contribution is 5.89. The van der Waals surface area contributed by atoms with Gasteiger partial charge in [-0.15, -0.1) is 13.2 Å². The van der Waals surface area contributed by atoms with Crippen LogP contribution in [0.2, 0.25) is 0 Å². The molecule has 9 heteroatoms. The van der Waals surface area contributed by atoms with Crippen LogP contribution in [-0.2, 0) is 9.53 Å². The molecule has 1 aromatic rings. The summed E-state index contributed by atoms with van der Waals surface area (Å²) in [5.74, 6) is -0.627. The van der Waals surface area contributed by atoms with Crippen LogP contribution in [0.15, 0.2) is 24.3 Å². The Morgan fingerprint density at radius 2 is 1.75 bits per heavy atom. The highest BCUT2D eigenvalue weighted by Gasteiger charge is 2.30. The van der Waals surface area contributed by atoms with E-state index >= 15 is 0 Å². The summed E-state index contributed by atoms with van der Waals surface area (Å²) in [5.41, 5.74) is 0.340. The van der Waals surface area contributed by atoms with Crippen molar-refractivity contribution in [3.8, 4) is 5.75 Å². The minimum Gasteiger partial charge on any atom is -0.469 e. The second kappa shape index (κ2) is 9.64. The normalized spacial score (nSPS) is 10.8. The van der Waals surface area contributed by atoms with E-state index in [-0.39, 0.29) is 11.7 Å². The van der Waals surface area contributed by atoms with E-state index in [1.54, 1.807) is 0 Å². The Labute approximate surface area is 137 Å². The number of alkyl halides is 3. The predicted octanol–water partition coefficient (Wildman–Crippen LogP) is 3.44. The van der Waals surface area contributed by atoms with Crippen molar-refractivity contribution >= 4 is 17.7 Å². The maximum absolute atomic E-state index is 12.0. The lowest BCUT2D eigenvalue weighted by molar-refractivity contribution is -0.274. The Bertz CT molecular complexity index is 533. The van der Waals surface area contributed by atoms with Crippen LogP contribution in [0.3, 0.4) is 0 Å². The van der Waals surface area contributed by atoms with Gasteiger partial charge in [0.1, 0.15) is 5.75 Å². The molecule has 0 aromatic heterocycles. The number of carbonyl (C=O) groups is 2. The molecule has 24 heavy (non-hydrogen) atoms. The molecule has 134 valence electrons. The van der Waals surface area contributed by atoms with Gasteiger partial charge in [0.2, 0.25) is 0 Å². The average Bonchev–Trinajstić information content (AvgIpc) is 2.51. The van der Waals surface area contributed by atoms with Gasteiger partial charge in [-0.25, -0.2) is 4.79 Å². The molecule has 0 saturated carbocycles. The molecule has 0 bridgehead atoms. The fourth-order valence-electron chi connectivity index (χ4n) is 1.79. The van der Waals surface area contributed by atoms with E-state index in [4.69, 9.17) is 0 Å². The Morgan fingerprint density at radius 3 is 2.33 bits per heavy atom. The molecular weight excluding hydrogens is 329 g/mol. The van der Waals surface area contributed by atoms with Crippen molar-refractivity contribution in [3.63, 3.8) is 0 Å². The number of ether oxygens (including phenoxy) is 2. The van der Waals surface area contributed by atoms with Crippen molar-refractivity contribution in [2.24, 2.45) is 0 Å². The Balaban J connectivity index is 2.22. The maximum atomic E-state index is 12.0. The third-order valence-corrected chi connectivity index (χ3v) is 2.92. The first-order valence-electron chi connectivity index (χ1n) is 7.27. The largest absolute Gasteiger partial charge is 0.573 e. The number of benzene rings is 1. The van der Waals surface area contributed by atoms with Gasteiger partial charge in [0.15, 0.2) is 0 Å². The van der Waals surface area contributed by atoms with Crippen LogP contribution in [0.25, 0.3) is 0 Å². The standard InChI is InChI=1S/C15H19F3N2O4/c1-23-13(21)5-3-2-4-10-19-14(22)20-11-6-8-12(9-7-11)24-15(16,17)18/h6-9H,2-5,10H2,1H3,(H2,19,20,22). The first-order valence-corrected chi connectivity index (χ1v) is 7.27. The van der Waals surface area contributed by atoms with Crippen molar-refractivity contribution in [1.29, 1.82) is 0 Å². The molecule has 6 nitrogen and oxygen atoms in total. The van der Waals surface area contributed by atoms with E-state index < -0.39 is 12.4 Å². The van der Waals surface area contributed by atoms with Crippen LogP contribution < -0.4 is 15.4 Å². The number of hydrogen-bond acceptors (Lipinski definition) is 4. The van der Waals surface area contributed by atoms with Crippen LogP contribution in [0, 0.1) is 0 Å². The molecule has 2 amide bonds. The minimum atomic E-state index is -4.75. The Morgan fingerprint density at radius 1 is 1.08 bits per heavy atom. The van der Waals surface area contributed by atoms with Gasteiger partial charge in [0.25, 0.3) is 0 Å². The number of urea groups is 1. The molecule has 0 aliphatic rings. The van der Waals surface area contributed by atoms with Crippen LogP contribution in [0.5, 0.6) is 5.75 Å². The van der Waals surface area contributed by atoms with Gasteiger partial charge in [-0.3, -0.25) is 4.79 Å². The number of carbonyl (C=O) groups excluding carboxylic acids is 2. The number of halogens is 3. The van der Waals surface area contributed by atoms with E-state index in [0.29, 0.717) is 31.5 Å². The molecule has 0 unspecified atom stereocenters. The van der Waals surface area contributed by atoms with E-state index in [2.05, 4.69) is 20.1 Å². The zero-order valence-corrected chi connectivity index (χ0v) is 13.1. The SMILES string of the molecule is COC(=O)CCCCCNC(=O)Nc1ccc(OC(F)(F)F)cc1. The third-order valence-electron chi connectivity index (χ3n) is 2.92. The monoisotopic (exact) mass is 348 g/mol. The second-order valence-electron chi connectivity index (χ2n) is 4.84. The number of rotatable bonds is 8. The molecule has 0 fully saturated rings. The molecule has 1 aromatic carbocycles. The van der Waals surface area contributed by atoms with Crippen molar-refractivity contribution in [2.75, 3.05) is 19.0 Å². The number of anilines is 1. The van der Waals surface area contributed by atoms with E-state index in [1.165, 1.54) is 19.2 Å². The fourth-order valence-corrected chi connectivity index (χ4v) is 1.79.